The Morgan fingerprint density at radius 3 is 2.58 bits per heavy atom. The molecule has 1 amide bonds. The summed E-state index contributed by atoms with van der Waals surface area (Å²) in [6, 6.07) is 5.18. The summed E-state index contributed by atoms with van der Waals surface area (Å²) in [5.74, 6) is -0.114. The molecule has 0 radical (unpaired) electrons. The van der Waals surface area contributed by atoms with Gasteiger partial charge in [-0.15, -0.1) is 4.80 Å². The zero-order valence-corrected chi connectivity index (χ0v) is 19.7. The fourth-order valence-corrected chi connectivity index (χ4v) is 5.20. The van der Waals surface area contributed by atoms with Gasteiger partial charge < -0.3 is 14.4 Å². The smallest absolute Gasteiger partial charge is 0.417 e. The average molecular weight is 502 g/mol. The van der Waals surface area contributed by atoms with Gasteiger partial charge >= 0.3 is 6.18 Å². The Hall–Kier alpha value is -3.54. The summed E-state index contributed by atoms with van der Waals surface area (Å²) in [6.07, 6.45) is 1.10. The maximum Gasteiger partial charge on any atom is 0.417 e. The zero-order chi connectivity index (χ0) is 25.4. The molecule has 5 heterocycles. The molecule has 2 aliphatic heterocycles. The molecule has 0 aromatic carbocycles. The standard InChI is InChI=1S/C24H25F3N6O3/c1-14-3-6-18(33-29-9-10-30-33)22(31-14)23(34)32-17-7-4-15(19(32)13-35-2)11-20(17)36-21-8-5-16(12-28-21)24(25,26)27/h3,5-6,8-10,12,15,17,19-20H,4,7,11,13H2,1-2H3/t15-,17+,19-,20+/m1/s1. The quantitative estimate of drug-likeness (QED) is 0.509. The number of halogens is 3. The van der Waals surface area contributed by atoms with E-state index in [2.05, 4.69) is 20.2 Å². The van der Waals surface area contributed by atoms with Crippen molar-refractivity contribution in [3.63, 3.8) is 0 Å². The molecule has 3 fully saturated rings. The van der Waals surface area contributed by atoms with E-state index in [0.717, 1.165) is 18.7 Å². The van der Waals surface area contributed by atoms with Crippen LogP contribution in [0.2, 0.25) is 0 Å². The van der Waals surface area contributed by atoms with Crippen molar-refractivity contribution in [2.75, 3.05) is 13.7 Å². The molecule has 190 valence electrons. The van der Waals surface area contributed by atoms with Crippen molar-refractivity contribution in [3.05, 3.63) is 59.8 Å². The lowest BCUT2D eigenvalue weighted by molar-refractivity contribution is -0.137. The van der Waals surface area contributed by atoms with Gasteiger partial charge in [-0.3, -0.25) is 4.79 Å². The van der Waals surface area contributed by atoms with E-state index in [1.165, 1.54) is 23.3 Å². The van der Waals surface area contributed by atoms with E-state index in [1.54, 1.807) is 31.1 Å². The normalized spacial score (nSPS) is 23.6. The highest BCUT2D eigenvalue weighted by Gasteiger charge is 2.51. The van der Waals surface area contributed by atoms with Gasteiger partial charge in [-0.25, -0.2) is 9.97 Å². The van der Waals surface area contributed by atoms with Crippen LogP contribution in [0.3, 0.4) is 0 Å². The molecule has 3 aromatic rings. The third-order valence-electron chi connectivity index (χ3n) is 6.81. The van der Waals surface area contributed by atoms with Gasteiger partial charge in [0, 0.05) is 25.1 Å². The molecule has 9 nitrogen and oxygen atoms in total. The third-order valence-corrected chi connectivity index (χ3v) is 6.81. The van der Waals surface area contributed by atoms with Crippen molar-refractivity contribution < 1.29 is 27.4 Å². The molecule has 6 rings (SSSR count). The number of ether oxygens (including phenoxy) is 2. The fraction of sp³-hybridized carbons (Fsp3) is 0.458. The Labute approximate surface area is 205 Å². The molecule has 1 aliphatic carbocycles. The van der Waals surface area contributed by atoms with Gasteiger partial charge in [-0.05, 0) is 50.3 Å². The highest BCUT2D eigenvalue weighted by atomic mass is 19.4. The predicted molar refractivity (Wildman–Crippen MR) is 121 cm³/mol. The first kappa shape index (κ1) is 24.2. The topological polar surface area (TPSA) is 95.3 Å². The van der Waals surface area contributed by atoms with Crippen LogP contribution >= 0.6 is 0 Å². The minimum atomic E-state index is -4.48. The van der Waals surface area contributed by atoms with Crippen molar-refractivity contribution in [2.24, 2.45) is 5.92 Å². The van der Waals surface area contributed by atoms with Crippen molar-refractivity contribution in [1.29, 1.82) is 0 Å². The summed E-state index contributed by atoms with van der Waals surface area (Å²) >= 11 is 0. The number of pyridine rings is 2. The summed E-state index contributed by atoms with van der Waals surface area (Å²) in [7, 11) is 1.59. The van der Waals surface area contributed by atoms with E-state index in [-0.39, 0.29) is 35.5 Å². The molecule has 3 aliphatic rings. The average Bonchev–Trinajstić information content (AvgIpc) is 3.39. The largest absolute Gasteiger partial charge is 0.472 e. The van der Waals surface area contributed by atoms with Crippen LogP contribution in [-0.4, -0.2) is 67.7 Å². The van der Waals surface area contributed by atoms with Crippen LogP contribution in [0.15, 0.2) is 42.9 Å². The Kier molecular flexibility index (Phi) is 6.37. The van der Waals surface area contributed by atoms with Crippen molar-refractivity contribution >= 4 is 5.91 Å². The number of alkyl halides is 3. The highest BCUT2D eigenvalue weighted by Crippen LogP contribution is 2.42. The number of rotatable bonds is 6. The zero-order valence-electron chi connectivity index (χ0n) is 19.7. The van der Waals surface area contributed by atoms with Crippen LogP contribution in [0.25, 0.3) is 5.69 Å². The Balaban J connectivity index is 1.46. The van der Waals surface area contributed by atoms with Crippen molar-refractivity contribution in [1.82, 2.24) is 29.9 Å². The monoisotopic (exact) mass is 502 g/mol. The summed E-state index contributed by atoms with van der Waals surface area (Å²) in [5.41, 5.74) is 0.491. The van der Waals surface area contributed by atoms with E-state index in [9.17, 15) is 18.0 Å². The second kappa shape index (κ2) is 9.49. The minimum absolute atomic E-state index is 0.0892. The van der Waals surface area contributed by atoms with E-state index >= 15 is 0 Å². The van der Waals surface area contributed by atoms with Gasteiger partial charge in [0.05, 0.1) is 36.6 Å². The molecule has 3 aromatic heterocycles. The van der Waals surface area contributed by atoms with Gasteiger partial charge in [0.1, 0.15) is 11.8 Å². The number of nitrogens with zero attached hydrogens (tertiary/aromatic N) is 6. The summed E-state index contributed by atoms with van der Waals surface area (Å²) in [4.78, 5) is 25.6. The number of aryl methyl sites for hydroxylation is 1. The molecule has 12 heteroatoms. The number of piperidine rings is 2. The van der Waals surface area contributed by atoms with Crippen molar-refractivity contribution in [2.45, 2.75) is 50.6 Å². The van der Waals surface area contributed by atoms with Gasteiger partial charge in [-0.1, -0.05) is 0 Å². The second-order valence-electron chi connectivity index (χ2n) is 9.05. The van der Waals surface area contributed by atoms with Crippen molar-refractivity contribution in [3.8, 4) is 11.6 Å². The van der Waals surface area contributed by atoms with Gasteiger partial charge in [0.25, 0.3) is 5.91 Å². The molecule has 0 unspecified atom stereocenters. The number of hydrogen-bond acceptors (Lipinski definition) is 7. The molecule has 2 bridgehead atoms. The number of methoxy groups -OCH3 is 1. The van der Waals surface area contributed by atoms with E-state index in [4.69, 9.17) is 9.47 Å². The number of fused-ring (bicyclic) bond motifs is 3. The van der Waals surface area contributed by atoms with Crippen LogP contribution < -0.4 is 4.74 Å². The Morgan fingerprint density at radius 2 is 1.92 bits per heavy atom. The molecular formula is C24H25F3N6O3. The van der Waals surface area contributed by atoms with Gasteiger partial charge in [-0.2, -0.15) is 23.4 Å². The third kappa shape index (κ3) is 4.52. The molecule has 0 spiro atoms. The van der Waals surface area contributed by atoms with Gasteiger partial charge in [0.2, 0.25) is 5.88 Å². The number of amides is 1. The molecule has 1 saturated carbocycles. The minimum Gasteiger partial charge on any atom is -0.472 e. The number of aromatic nitrogens is 5. The SMILES string of the molecule is COC[C@@H]1[C@@H]2CC[C@@H]([C@@H](Oc3ccc(C(F)(F)F)cn3)C2)N1C(=O)c1nc(C)ccc1-n1nccn1. The lowest BCUT2D eigenvalue weighted by atomic mass is 9.72. The number of carbonyl (C=O) groups excluding carboxylic acids is 1. The molecular weight excluding hydrogens is 477 g/mol. The van der Waals surface area contributed by atoms with Crippen LogP contribution in [0.4, 0.5) is 13.2 Å². The predicted octanol–water partition coefficient (Wildman–Crippen LogP) is 3.47. The van der Waals surface area contributed by atoms with Gasteiger partial charge in [0.15, 0.2) is 5.69 Å². The van der Waals surface area contributed by atoms with E-state index in [0.29, 0.717) is 30.8 Å². The summed E-state index contributed by atoms with van der Waals surface area (Å²) in [5, 5.41) is 8.32. The Bertz CT molecular complexity index is 1220. The van der Waals surface area contributed by atoms with Crippen LogP contribution in [-0.2, 0) is 10.9 Å². The molecule has 4 atom stereocenters. The second-order valence-corrected chi connectivity index (χ2v) is 9.05. The maximum atomic E-state index is 14.0. The van der Waals surface area contributed by atoms with Crippen LogP contribution in [0, 0.1) is 12.8 Å². The first-order valence-corrected chi connectivity index (χ1v) is 11.6. The lowest BCUT2D eigenvalue weighted by Crippen LogP contribution is -2.65. The number of carbonyl (C=O) groups is 1. The summed E-state index contributed by atoms with van der Waals surface area (Å²) in [6.45, 7) is 2.15. The van der Waals surface area contributed by atoms with E-state index in [1.807, 2.05) is 0 Å². The molecule has 2 saturated heterocycles. The first-order valence-electron chi connectivity index (χ1n) is 11.6. The maximum absolute atomic E-state index is 14.0. The lowest BCUT2D eigenvalue weighted by Gasteiger charge is -2.54. The van der Waals surface area contributed by atoms with Crippen LogP contribution in [0.5, 0.6) is 5.88 Å². The first-order chi connectivity index (χ1) is 17.3. The summed E-state index contributed by atoms with van der Waals surface area (Å²) < 4.78 is 50.3. The number of hydrogen-bond donors (Lipinski definition) is 0. The van der Waals surface area contributed by atoms with E-state index < -0.39 is 17.8 Å². The molecule has 0 N–H and O–H groups in total. The Morgan fingerprint density at radius 1 is 1.14 bits per heavy atom. The molecule has 36 heavy (non-hydrogen) atoms. The van der Waals surface area contributed by atoms with Crippen LogP contribution in [0.1, 0.15) is 41.0 Å². The highest BCUT2D eigenvalue weighted by molar-refractivity contribution is 5.96. The fourth-order valence-electron chi connectivity index (χ4n) is 5.20.